The van der Waals surface area contributed by atoms with Crippen molar-refractivity contribution in [3.8, 4) is 5.69 Å². The Morgan fingerprint density at radius 2 is 1.87 bits per heavy atom. The van der Waals surface area contributed by atoms with E-state index in [4.69, 9.17) is 17.0 Å². The molecule has 1 aromatic heterocycles. The highest BCUT2D eigenvalue weighted by atomic mass is 32.1. The van der Waals surface area contributed by atoms with Crippen molar-refractivity contribution in [2.75, 3.05) is 5.32 Å². The lowest BCUT2D eigenvalue weighted by atomic mass is 10.1. The van der Waals surface area contributed by atoms with Gasteiger partial charge < -0.3 is 15.0 Å². The minimum absolute atomic E-state index is 0.0405. The van der Waals surface area contributed by atoms with E-state index in [2.05, 4.69) is 10.3 Å². The Bertz CT molecular complexity index is 1480. The van der Waals surface area contributed by atoms with E-state index >= 15 is 0 Å². The summed E-state index contributed by atoms with van der Waals surface area (Å²) in [6, 6.07) is 16.2. The number of ether oxygens (including phenoxy) is 1. The number of carbonyl (C=O) groups is 1. The molecule has 4 aromatic rings. The van der Waals surface area contributed by atoms with E-state index in [9.17, 15) is 14.0 Å². The second-order valence-corrected chi connectivity index (χ2v) is 7.60. The van der Waals surface area contributed by atoms with Crippen LogP contribution in [0.2, 0.25) is 0 Å². The molecule has 0 radical (unpaired) electrons. The van der Waals surface area contributed by atoms with E-state index in [0.717, 1.165) is 15.7 Å². The molecular formula is C23H16FN3O3S. The van der Waals surface area contributed by atoms with Gasteiger partial charge in [0, 0.05) is 11.3 Å². The Labute approximate surface area is 180 Å². The Balaban J connectivity index is 1.51. The molecule has 2 heterocycles. The number of halogens is 1. The lowest BCUT2D eigenvalue weighted by Crippen LogP contribution is -2.22. The number of nitrogens with one attached hydrogen (secondary N) is 2. The highest BCUT2D eigenvalue weighted by molar-refractivity contribution is 7.71. The lowest BCUT2D eigenvalue weighted by Gasteiger charge is -2.10. The maximum Gasteiger partial charge on any atom is 0.266 e. The fourth-order valence-corrected chi connectivity index (χ4v) is 3.96. The Morgan fingerprint density at radius 3 is 2.71 bits per heavy atom. The number of anilines is 1. The van der Waals surface area contributed by atoms with Gasteiger partial charge in [-0.05, 0) is 65.8 Å². The molecule has 5 rings (SSSR count). The highest BCUT2D eigenvalue weighted by Gasteiger charge is 2.15. The summed E-state index contributed by atoms with van der Waals surface area (Å²) in [6.07, 6.45) is 0. The smallest absolute Gasteiger partial charge is 0.266 e. The second-order valence-electron chi connectivity index (χ2n) is 7.21. The number of benzene rings is 3. The maximum absolute atomic E-state index is 14.2. The Kier molecular flexibility index (Phi) is 4.72. The molecule has 0 saturated carbocycles. The third-order valence-electron chi connectivity index (χ3n) is 5.23. The monoisotopic (exact) mass is 433 g/mol. The second kappa shape index (κ2) is 7.57. The quantitative estimate of drug-likeness (QED) is 0.468. The Morgan fingerprint density at radius 1 is 1.06 bits per heavy atom. The summed E-state index contributed by atoms with van der Waals surface area (Å²) >= 11 is 5.30. The number of para-hydroxylation sites is 1. The van der Waals surface area contributed by atoms with Gasteiger partial charge in [-0.2, -0.15) is 0 Å². The van der Waals surface area contributed by atoms with Crippen LogP contribution < -0.4 is 10.9 Å². The molecule has 0 unspecified atom stereocenters. The summed E-state index contributed by atoms with van der Waals surface area (Å²) < 4.78 is 20.8. The summed E-state index contributed by atoms with van der Waals surface area (Å²) in [5, 5.41) is 3.15. The van der Waals surface area contributed by atoms with Crippen LogP contribution in [0.1, 0.15) is 21.5 Å². The fraction of sp³-hybridized carbons (Fsp3) is 0.0870. The zero-order valence-electron chi connectivity index (χ0n) is 16.1. The largest absolute Gasteiger partial charge is 0.372 e. The SMILES string of the molecule is O=C(Nc1ccc2c(c1)COC2)c1ccc2c(=O)n(-c3ccccc3F)c(=S)[nH]c2c1. The van der Waals surface area contributed by atoms with Crippen LogP contribution in [0.25, 0.3) is 16.6 Å². The number of rotatable bonds is 3. The number of carbonyl (C=O) groups excluding carboxylic acids is 1. The molecule has 0 saturated heterocycles. The summed E-state index contributed by atoms with van der Waals surface area (Å²) in [4.78, 5) is 28.7. The average Bonchev–Trinajstić information content (AvgIpc) is 3.22. The van der Waals surface area contributed by atoms with Gasteiger partial charge in [0.05, 0.1) is 29.8 Å². The van der Waals surface area contributed by atoms with E-state index in [1.807, 2.05) is 18.2 Å². The van der Waals surface area contributed by atoms with Crippen LogP contribution in [0.15, 0.2) is 65.5 Å². The van der Waals surface area contributed by atoms with Gasteiger partial charge in [-0.25, -0.2) is 8.96 Å². The first-order valence-electron chi connectivity index (χ1n) is 9.56. The van der Waals surface area contributed by atoms with Gasteiger partial charge in [0.25, 0.3) is 11.5 Å². The van der Waals surface area contributed by atoms with Gasteiger partial charge in [-0.3, -0.25) is 9.59 Å². The van der Waals surface area contributed by atoms with E-state index in [1.165, 1.54) is 24.3 Å². The van der Waals surface area contributed by atoms with E-state index < -0.39 is 11.4 Å². The topological polar surface area (TPSA) is 76.1 Å². The molecule has 31 heavy (non-hydrogen) atoms. The summed E-state index contributed by atoms with van der Waals surface area (Å²) in [7, 11) is 0. The van der Waals surface area contributed by atoms with Gasteiger partial charge in [-0.1, -0.05) is 18.2 Å². The zero-order valence-corrected chi connectivity index (χ0v) is 17.0. The predicted octanol–water partition coefficient (Wildman–Crippen LogP) is 4.47. The molecule has 154 valence electrons. The molecule has 1 aliphatic heterocycles. The van der Waals surface area contributed by atoms with Crippen molar-refractivity contribution in [1.82, 2.24) is 9.55 Å². The summed E-state index contributed by atoms with van der Waals surface area (Å²) in [5.74, 6) is -0.877. The molecule has 0 bridgehead atoms. The normalized spacial score (nSPS) is 12.7. The van der Waals surface area contributed by atoms with Crippen LogP contribution in [-0.2, 0) is 18.0 Å². The van der Waals surface area contributed by atoms with Gasteiger partial charge in [0.1, 0.15) is 5.82 Å². The van der Waals surface area contributed by atoms with E-state index in [0.29, 0.717) is 35.4 Å². The van der Waals surface area contributed by atoms with Crippen LogP contribution in [0.3, 0.4) is 0 Å². The van der Waals surface area contributed by atoms with Crippen LogP contribution in [-0.4, -0.2) is 15.5 Å². The van der Waals surface area contributed by atoms with Crippen LogP contribution in [0.5, 0.6) is 0 Å². The van der Waals surface area contributed by atoms with Crippen molar-refractivity contribution >= 4 is 34.7 Å². The standard InChI is InChI=1S/C23H16FN3O3S/c24-18-3-1-2-4-20(18)27-22(29)17-8-6-13(10-19(17)26-23(27)31)21(28)25-16-7-5-14-11-30-12-15(14)9-16/h1-10H,11-12H2,(H,25,28)(H,26,31). The van der Waals surface area contributed by atoms with Crippen molar-refractivity contribution in [2.24, 2.45) is 0 Å². The van der Waals surface area contributed by atoms with Gasteiger partial charge in [0.15, 0.2) is 4.77 Å². The molecule has 0 aliphatic carbocycles. The number of hydrogen-bond donors (Lipinski definition) is 2. The van der Waals surface area contributed by atoms with Crippen molar-refractivity contribution in [2.45, 2.75) is 13.2 Å². The van der Waals surface area contributed by atoms with Crippen molar-refractivity contribution in [3.05, 3.63) is 98.3 Å². The fourth-order valence-electron chi connectivity index (χ4n) is 3.66. The van der Waals surface area contributed by atoms with Crippen LogP contribution in [0, 0.1) is 10.6 Å². The van der Waals surface area contributed by atoms with Crippen molar-refractivity contribution < 1.29 is 13.9 Å². The number of H-pyrrole nitrogens is 1. The zero-order chi connectivity index (χ0) is 21.5. The first-order chi connectivity index (χ1) is 15.0. The third kappa shape index (κ3) is 3.45. The number of amides is 1. The molecule has 8 heteroatoms. The highest BCUT2D eigenvalue weighted by Crippen LogP contribution is 2.24. The Hall–Kier alpha value is -3.62. The number of aromatic amines is 1. The first-order valence-corrected chi connectivity index (χ1v) is 9.97. The third-order valence-corrected chi connectivity index (χ3v) is 5.52. The molecule has 6 nitrogen and oxygen atoms in total. The van der Waals surface area contributed by atoms with Gasteiger partial charge >= 0.3 is 0 Å². The molecule has 0 fully saturated rings. The average molecular weight is 433 g/mol. The van der Waals surface area contributed by atoms with Gasteiger partial charge in [-0.15, -0.1) is 0 Å². The van der Waals surface area contributed by atoms with Crippen molar-refractivity contribution in [1.29, 1.82) is 0 Å². The molecular weight excluding hydrogens is 417 g/mol. The maximum atomic E-state index is 14.2. The molecule has 1 aliphatic rings. The predicted molar refractivity (Wildman–Crippen MR) is 118 cm³/mol. The van der Waals surface area contributed by atoms with Crippen LogP contribution in [0.4, 0.5) is 10.1 Å². The van der Waals surface area contributed by atoms with Crippen molar-refractivity contribution in [3.63, 3.8) is 0 Å². The first kappa shape index (κ1) is 19.3. The molecule has 2 N–H and O–H groups in total. The molecule has 0 atom stereocenters. The molecule has 0 spiro atoms. The molecule has 1 amide bonds. The van der Waals surface area contributed by atoms with E-state index in [-0.39, 0.29) is 16.4 Å². The molecule has 3 aromatic carbocycles. The lowest BCUT2D eigenvalue weighted by molar-refractivity contribution is 0.102. The number of nitrogens with zero attached hydrogens (tertiary/aromatic N) is 1. The number of aromatic nitrogens is 2. The number of hydrogen-bond acceptors (Lipinski definition) is 4. The van der Waals surface area contributed by atoms with Gasteiger partial charge in [0.2, 0.25) is 0 Å². The van der Waals surface area contributed by atoms with Crippen LogP contribution >= 0.6 is 12.2 Å². The minimum Gasteiger partial charge on any atom is -0.372 e. The van der Waals surface area contributed by atoms with E-state index in [1.54, 1.807) is 18.2 Å². The summed E-state index contributed by atoms with van der Waals surface area (Å²) in [5.41, 5.74) is 3.19. The summed E-state index contributed by atoms with van der Waals surface area (Å²) in [6.45, 7) is 1.11. The number of fused-ring (bicyclic) bond motifs is 2. The minimum atomic E-state index is -0.556.